The Morgan fingerprint density at radius 1 is 1.50 bits per heavy atom. The molecule has 1 fully saturated rings. The van der Waals surface area contributed by atoms with E-state index in [0.717, 1.165) is 36.7 Å². The maximum absolute atomic E-state index is 11.3. The summed E-state index contributed by atoms with van der Waals surface area (Å²) in [5, 5.41) is 3.58. The van der Waals surface area contributed by atoms with E-state index >= 15 is 0 Å². The van der Waals surface area contributed by atoms with E-state index in [4.69, 9.17) is 4.42 Å². The van der Waals surface area contributed by atoms with Crippen molar-refractivity contribution < 1.29 is 8.63 Å². The number of hydrogen-bond donors (Lipinski definition) is 1. The molecule has 1 saturated heterocycles. The highest BCUT2D eigenvalue weighted by molar-refractivity contribution is 7.85. The summed E-state index contributed by atoms with van der Waals surface area (Å²) in [6.07, 6.45) is 3.76. The van der Waals surface area contributed by atoms with Crippen molar-refractivity contribution in [3.8, 4) is 0 Å². The van der Waals surface area contributed by atoms with Gasteiger partial charge in [0.05, 0.1) is 12.3 Å². The molecule has 0 aromatic carbocycles. The molecule has 1 aliphatic rings. The van der Waals surface area contributed by atoms with Crippen molar-refractivity contribution >= 4 is 10.8 Å². The number of hydrogen-bond acceptors (Lipinski definition) is 4. The van der Waals surface area contributed by atoms with E-state index in [0.29, 0.717) is 6.04 Å². The van der Waals surface area contributed by atoms with Crippen LogP contribution >= 0.6 is 0 Å². The van der Waals surface area contributed by atoms with Gasteiger partial charge >= 0.3 is 0 Å². The molecule has 1 atom stereocenters. The normalized spacial score (nSPS) is 26.4. The number of furan rings is 1. The molecule has 0 spiro atoms. The third kappa shape index (κ3) is 3.67. The van der Waals surface area contributed by atoms with Crippen LogP contribution in [-0.2, 0) is 10.8 Å². The van der Waals surface area contributed by atoms with Crippen molar-refractivity contribution in [2.45, 2.75) is 24.9 Å². The van der Waals surface area contributed by atoms with Crippen molar-refractivity contribution in [3.05, 3.63) is 24.2 Å². The molecule has 18 heavy (non-hydrogen) atoms. The number of nitrogens with zero attached hydrogens (tertiary/aromatic N) is 1. The third-order valence-corrected chi connectivity index (χ3v) is 4.86. The molecule has 2 rings (SSSR count). The van der Waals surface area contributed by atoms with Crippen LogP contribution in [0, 0.1) is 0 Å². The molecule has 0 aliphatic carbocycles. The van der Waals surface area contributed by atoms with Gasteiger partial charge in [0, 0.05) is 34.9 Å². The topological polar surface area (TPSA) is 45.5 Å². The summed E-state index contributed by atoms with van der Waals surface area (Å²) in [5.74, 6) is 2.67. The fourth-order valence-electron chi connectivity index (χ4n) is 2.29. The molecule has 5 heteroatoms. The fourth-order valence-corrected chi connectivity index (χ4v) is 3.59. The van der Waals surface area contributed by atoms with Crippen LogP contribution in [-0.4, -0.2) is 47.3 Å². The lowest BCUT2D eigenvalue weighted by atomic mass is 10.1. The predicted molar refractivity (Wildman–Crippen MR) is 74.0 cm³/mol. The molecule has 1 aromatic heterocycles. The Morgan fingerprint density at radius 3 is 2.78 bits per heavy atom. The van der Waals surface area contributed by atoms with Crippen LogP contribution in [0.1, 0.15) is 24.6 Å². The van der Waals surface area contributed by atoms with Gasteiger partial charge in [-0.15, -0.1) is 0 Å². The summed E-state index contributed by atoms with van der Waals surface area (Å²) in [5.41, 5.74) is 0. The standard InChI is InChI=1S/C13H22N2O2S/c1-15(2)12(13-4-3-7-17-13)10-14-11-5-8-18(16)9-6-11/h3-4,7,11-12,14H,5-6,8-10H2,1-2H3. The third-order valence-electron chi connectivity index (χ3n) is 3.48. The summed E-state index contributed by atoms with van der Waals surface area (Å²) in [6, 6.07) is 4.70. The van der Waals surface area contributed by atoms with Crippen molar-refractivity contribution in [3.63, 3.8) is 0 Å². The van der Waals surface area contributed by atoms with Gasteiger partial charge in [0.25, 0.3) is 0 Å². The molecule has 1 aliphatic heterocycles. The molecule has 1 aromatic rings. The van der Waals surface area contributed by atoms with Crippen molar-refractivity contribution in [2.75, 3.05) is 32.1 Å². The van der Waals surface area contributed by atoms with E-state index in [1.165, 1.54) is 0 Å². The second-order valence-electron chi connectivity index (χ2n) is 5.03. The molecule has 1 N–H and O–H groups in total. The van der Waals surface area contributed by atoms with Gasteiger partial charge in [-0.2, -0.15) is 0 Å². The zero-order valence-electron chi connectivity index (χ0n) is 11.1. The van der Waals surface area contributed by atoms with Gasteiger partial charge in [0.1, 0.15) is 5.76 Å². The monoisotopic (exact) mass is 270 g/mol. The summed E-state index contributed by atoms with van der Waals surface area (Å²) in [4.78, 5) is 2.16. The molecular weight excluding hydrogens is 248 g/mol. The van der Waals surface area contributed by atoms with Crippen LogP contribution in [0.15, 0.2) is 22.8 Å². The first-order chi connectivity index (χ1) is 8.66. The first kappa shape index (κ1) is 13.8. The highest BCUT2D eigenvalue weighted by Gasteiger charge is 2.21. The molecule has 0 amide bonds. The quantitative estimate of drug-likeness (QED) is 0.878. The Hall–Kier alpha value is -0.650. The smallest absolute Gasteiger partial charge is 0.122 e. The van der Waals surface area contributed by atoms with Crippen LogP contribution in [0.4, 0.5) is 0 Å². The van der Waals surface area contributed by atoms with E-state index in [1.54, 1.807) is 6.26 Å². The lowest BCUT2D eigenvalue weighted by Crippen LogP contribution is -2.40. The van der Waals surface area contributed by atoms with Crippen molar-refractivity contribution in [1.29, 1.82) is 0 Å². The average molecular weight is 270 g/mol. The van der Waals surface area contributed by atoms with Gasteiger partial charge in [-0.25, -0.2) is 0 Å². The zero-order valence-corrected chi connectivity index (χ0v) is 11.9. The number of likely N-dealkylation sites (N-methyl/N-ethyl adjacent to an activating group) is 1. The number of rotatable bonds is 5. The van der Waals surface area contributed by atoms with Gasteiger partial charge in [-0.05, 0) is 39.1 Å². The highest BCUT2D eigenvalue weighted by Crippen LogP contribution is 2.18. The summed E-state index contributed by atoms with van der Waals surface area (Å²) in [6.45, 7) is 0.873. The Morgan fingerprint density at radius 2 is 2.22 bits per heavy atom. The lowest BCUT2D eigenvalue weighted by Gasteiger charge is -2.27. The van der Waals surface area contributed by atoms with Crippen molar-refractivity contribution in [2.24, 2.45) is 0 Å². The van der Waals surface area contributed by atoms with Crippen LogP contribution in [0.25, 0.3) is 0 Å². The maximum atomic E-state index is 11.3. The molecule has 2 heterocycles. The minimum atomic E-state index is -0.582. The minimum Gasteiger partial charge on any atom is -0.468 e. The van der Waals surface area contributed by atoms with Crippen LogP contribution in [0.3, 0.4) is 0 Å². The lowest BCUT2D eigenvalue weighted by molar-refractivity contribution is 0.241. The van der Waals surface area contributed by atoms with E-state index in [9.17, 15) is 4.21 Å². The van der Waals surface area contributed by atoms with Crippen LogP contribution in [0.2, 0.25) is 0 Å². The summed E-state index contributed by atoms with van der Waals surface area (Å²) in [7, 11) is 3.54. The molecule has 102 valence electrons. The SMILES string of the molecule is CN(C)C(CNC1CCS(=O)CC1)c1ccco1. The zero-order chi connectivity index (χ0) is 13.0. The molecule has 0 saturated carbocycles. The fraction of sp³-hybridized carbons (Fsp3) is 0.692. The molecule has 0 radical (unpaired) electrons. The Labute approximate surface area is 111 Å². The average Bonchev–Trinajstić information content (AvgIpc) is 2.85. The number of nitrogens with one attached hydrogen (secondary N) is 1. The second-order valence-corrected chi connectivity index (χ2v) is 6.72. The summed E-state index contributed by atoms with van der Waals surface area (Å²) < 4.78 is 16.8. The second kappa shape index (κ2) is 6.50. The van der Waals surface area contributed by atoms with Gasteiger partial charge in [-0.1, -0.05) is 0 Å². The maximum Gasteiger partial charge on any atom is 0.122 e. The Bertz CT molecular complexity index is 368. The van der Waals surface area contributed by atoms with E-state index in [-0.39, 0.29) is 6.04 Å². The van der Waals surface area contributed by atoms with E-state index in [2.05, 4.69) is 24.3 Å². The molecular formula is C13H22N2O2S. The molecule has 0 bridgehead atoms. The first-order valence-electron chi connectivity index (χ1n) is 6.45. The van der Waals surface area contributed by atoms with E-state index < -0.39 is 10.8 Å². The van der Waals surface area contributed by atoms with Crippen LogP contribution < -0.4 is 5.32 Å². The molecule has 4 nitrogen and oxygen atoms in total. The van der Waals surface area contributed by atoms with E-state index in [1.807, 2.05) is 12.1 Å². The molecule has 1 unspecified atom stereocenters. The van der Waals surface area contributed by atoms with Gasteiger partial charge in [0.15, 0.2) is 0 Å². The van der Waals surface area contributed by atoms with Crippen LogP contribution in [0.5, 0.6) is 0 Å². The first-order valence-corrected chi connectivity index (χ1v) is 7.94. The Balaban J connectivity index is 1.85. The minimum absolute atomic E-state index is 0.257. The van der Waals surface area contributed by atoms with Gasteiger partial charge < -0.3 is 9.73 Å². The van der Waals surface area contributed by atoms with Gasteiger partial charge in [-0.3, -0.25) is 9.11 Å². The Kier molecular flexibility index (Phi) is 4.97. The summed E-state index contributed by atoms with van der Waals surface area (Å²) >= 11 is 0. The highest BCUT2D eigenvalue weighted by atomic mass is 32.2. The van der Waals surface area contributed by atoms with Crippen molar-refractivity contribution in [1.82, 2.24) is 10.2 Å². The predicted octanol–water partition coefficient (Wildman–Crippen LogP) is 1.38. The van der Waals surface area contributed by atoms with Gasteiger partial charge in [0.2, 0.25) is 0 Å². The largest absolute Gasteiger partial charge is 0.468 e.